The number of benzene rings is 9. The molecule has 11 N–H and O–H groups in total. The molecule has 0 aliphatic heterocycles. The van der Waals surface area contributed by atoms with Gasteiger partial charge in [-0.25, -0.2) is 36.7 Å². The summed E-state index contributed by atoms with van der Waals surface area (Å²) in [6.45, 7) is 15.1. The third-order valence-electron chi connectivity index (χ3n) is 13.8. The number of amides is 3. The first-order chi connectivity index (χ1) is 51.9. The first-order valence-corrected chi connectivity index (χ1v) is 36.4. The molecule has 9 aromatic rings. The summed E-state index contributed by atoms with van der Waals surface area (Å²) < 4.78 is 93.7. The molecule has 590 valence electrons. The molecule has 0 saturated heterocycles. The lowest BCUT2D eigenvalue weighted by atomic mass is 9.80. The van der Waals surface area contributed by atoms with E-state index < -0.39 is 36.5 Å². The van der Waals surface area contributed by atoms with Gasteiger partial charge in [0.1, 0.15) is 70.8 Å². The van der Waals surface area contributed by atoms with Gasteiger partial charge >= 0.3 is 31.1 Å². The number of phenolic OH excluding ortho intramolecular Hbond substituents is 1. The highest BCUT2D eigenvalue weighted by Crippen LogP contribution is 2.35. The first-order valence-electron chi connectivity index (χ1n) is 33.6. The number of carbonyl (C=O) groups is 6. The number of quaternary nitrogens is 1. The Balaban J connectivity index is 0.000000442. The van der Waals surface area contributed by atoms with Crippen molar-refractivity contribution in [1.29, 1.82) is 0 Å². The van der Waals surface area contributed by atoms with Gasteiger partial charge in [0.25, 0.3) is 0 Å². The lowest BCUT2D eigenvalue weighted by Gasteiger charge is -2.19. The molecule has 3 amide bonds. The molecule has 0 atom stereocenters. The van der Waals surface area contributed by atoms with Crippen molar-refractivity contribution in [2.24, 2.45) is 11.5 Å². The summed E-state index contributed by atoms with van der Waals surface area (Å²) in [6, 6.07) is 47.7. The van der Waals surface area contributed by atoms with Crippen LogP contribution in [0.5, 0.6) is 28.7 Å². The average Bonchev–Trinajstić information content (AvgIpc) is 0.827. The zero-order valence-corrected chi connectivity index (χ0v) is 67.5. The van der Waals surface area contributed by atoms with Crippen LogP contribution in [-0.4, -0.2) is 130 Å². The number of phenols is 1. The second-order valence-electron chi connectivity index (χ2n) is 23.5. The lowest BCUT2D eigenvalue weighted by Crippen LogP contribution is -3.00. The number of primary amides is 2. The molecule has 0 bridgehead atoms. The Labute approximate surface area is 669 Å². The highest BCUT2D eigenvalue weighted by atomic mass is 79.9. The van der Waals surface area contributed by atoms with Gasteiger partial charge in [-0.2, -0.15) is 0 Å². The number of alkyl carbamates (subject to hydrolysis) is 1. The molecular weight excluding hydrogens is 1650 g/mol. The summed E-state index contributed by atoms with van der Waals surface area (Å²) in [5, 5.41) is 29.5. The Morgan fingerprint density at radius 1 is 0.464 bits per heavy atom. The fourth-order valence-corrected chi connectivity index (χ4v) is 9.69. The maximum Gasteiger partial charge on any atom is 0.488 e. The van der Waals surface area contributed by atoms with Crippen LogP contribution in [0, 0.1) is 23.3 Å². The lowest BCUT2D eigenvalue weighted by molar-refractivity contribution is -0.370. The molecule has 0 spiro atoms. The normalized spacial score (nSPS) is 10.0. The molecule has 110 heavy (non-hydrogen) atoms. The van der Waals surface area contributed by atoms with Gasteiger partial charge in [0.2, 0.25) is 11.8 Å². The second kappa shape index (κ2) is 51.4. The van der Waals surface area contributed by atoms with Crippen molar-refractivity contribution in [2.45, 2.75) is 66.4 Å². The number of esters is 3. The van der Waals surface area contributed by atoms with Crippen LogP contribution in [0.3, 0.4) is 0 Å². The smallest absolute Gasteiger partial charge is 0.488 e. The summed E-state index contributed by atoms with van der Waals surface area (Å²) in [5.74, 6) is -0.752. The molecule has 0 unspecified atom stereocenters. The van der Waals surface area contributed by atoms with E-state index in [4.69, 9.17) is 55.0 Å². The molecule has 0 heterocycles. The van der Waals surface area contributed by atoms with E-state index in [1.165, 1.54) is 100 Å². The highest BCUT2D eigenvalue weighted by molar-refractivity contribution is 9.11. The number of nitrogens with two attached hydrogens (primary N) is 2. The van der Waals surface area contributed by atoms with Crippen molar-refractivity contribution in [2.75, 3.05) is 66.2 Å². The Kier molecular flexibility index (Phi) is 44.9. The van der Waals surface area contributed by atoms with Crippen LogP contribution in [0.4, 0.5) is 22.4 Å². The van der Waals surface area contributed by atoms with Crippen LogP contribution in [0.1, 0.15) is 113 Å². The fraction of sp³-hybridized carbons (Fsp3) is 0.250. The highest BCUT2D eigenvalue weighted by Gasteiger charge is 2.18. The Morgan fingerprint density at radius 3 is 1.08 bits per heavy atom. The van der Waals surface area contributed by atoms with E-state index in [-0.39, 0.29) is 53.5 Å². The molecule has 0 aliphatic carbocycles. The van der Waals surface area contributed by atoms with E-state index in [1.807, 2.05) is 41.5 Å². The number of alkyl halides is 1. The van der Waals surface area contributed by atoms with E-state index in [9.17, 15) is 46.3 Å². The van der Waals surface area contributed by atoms with Crippen LogP contribution < -0.4 is 59.3 Å². The molecule has 0 aromatic heterocycles. The number of ether oxygens (including phenoxy) is 8. The van der Waals surface area contributed by atoms with E-state index >= 15 is 0 Å². The predicted octanol–water partition coefficient (Wildman–Crippen LogP) is 12.0. The van der Waals surface area contributed by atoms with Crippen LogP contribution in [0.15, 0.2) is 197 Å². The molecule has 0 radical (unpaired) electrons. The molecule has 9 aromatic carbocycles. The van der Waals surface area contributed by atoms with Gasteiger partial charge in [0.05, 0.1) is 66.8 Å². The number of carbonyl (C=O) groups excluding carboxylic acids is 6. The summed E-state index contributed by atoms with van der Waals surface area (Å²) in [4.78, 5) is 67.2. The van der Waals surface area contributed by atoms with Crippen LogP contribution >= 0.6 is 47.8 Å². The zero-order chi connectivity index (χ0) is 81.2. The minimum atomic E-state index is -1.51. The molecule has 0 fully saturated rings. The Morgan fingerprint density at radius 2 is 0.773 bits per heavy atom. The number of rotatable bonds is 23. The van der Waals surface area contributed by atoms with Crippen LogP contribution in [0.25, 0.3) is 33.4 Å². The molecule has 0 aliphatic rings. The monoisotopic (exact) mass is 1740 g/mol. The van der Waals surface area contributed by atoms with Crippen molar-refractivity contribution in [3.05, 3.63) is 248 Å². The molecule has 0 saturated carbocycles. The predicted molar refractivity (Wildman–Crippen MR) is 421 cm³/mol. The summed E-state index contributed by atoms with van der Waals surface area (Å²) in [6.07, 6.45) is 2.34. The standard InChI is InChI=1S/C17H17FO3.C16H16FNO2.C15H15FN2O2.C11H13BrO3.C8H7BrO3.C7H14BrNO2.C6H6BFO2.ClH/c1-3-10-21-16-9-6-13(17(19)20-2)11-15(16)12-4-7-14(18)8-5-12;1-2-9-20-15-8-5-12(16(18)19)10-14(15)11-3-6-13(17)7-4-11;16-12-4-1-10(2-5-12)13-9-11(15(18)19)3-6-14(13)20-8-7-17;1-3-6-15-10-5-4-8(7-9(10)12)11(13)14-2;1-12-8(11)5-2-3-7(10)6(9)4-5;1-7(2,3)11-6(10)9-5-4-8;8-6-3-1-5(2-4-6)7(9)10;/h4-9,11H,3,10H2,1-2H3;3-8,10H,2,9H2,1H3,(H2,18,19);1-6,9H,7-8,17H2,(H2,18,19);4-5,7H,3,6H2,1-2H3;2-4,10H,1H3;4-5H2,1-3H3,(H,9,10);1-4,9-10H;1H. The minimum Gasteiger partial charge on any atom is -1.00 e. The second-order valence-corrected chi connectivity index (χ2v) is 26.0. The molecule has 30 heteroatoms. The Bertz CT molecular complexity index is 4230. The van der Waals surface area contributed by atoms with E-state index in [0.29, 0.717) is 100 Å². The number of hydrogen-bond acceptors (Lipinski definition) is 17. The summed E-state index contributed by atoms with van der Waals surface area (Å²) in [5.41, 5.74) is 20.8. The SMILES string of the molecule is CC(C)(C)OC(=O)NCCBr.CCCOc1ccc(C(=O)OC)cc1-c1ccc(F)cc1.CCCOc1ccc(C(=O)OC)cc1Br.CCCOc1ccc(C(N)=O)cc1-c1ccc(F)cc1.COC(=O)c1ccc(O)c(Br)c1.NC(=O)c1ccc(OCC[NH3+])c(-c2ccc(F)cc2)c1.OB(O)c1ccc(F)cc1.[Cl-]. The van der Waals surface area contributed by atoms with Crippen LogP contribution in [0.2, 0.25) is 0 Å². The quantitative estimate of drug-likeness (QED) is 0.0103. The largest absolute Gasteiger partial charge is 1.00 e. The van der Waals surface area contributed by atoms with Gasteiger partial charge in [-0.3, -0.25) is 9.59 Å². The summed E-state index contributed by atoms with van der Waals surface area (Å²) >= 11 is 9.61. The van der Waals surface area contributed by atoms with E-state index in [2.05, 4.69) is 68.3 Å². The topological polar surface area (TPSA) is 329 Å². The maximum atomic E-state index is 13.1. The number of hydrogen-bond donors (Lipinski definition) is 7. The van der Waals surface area contributed by atoms with Crippen molar-refractivity contribution in [3.63, 3.8) is 0 Å². The van der Waals surface area contributed by atoms with Gasteiger partial charge in [0, 0.05) is 39.7 Å². The number of aromatic hydroxyl groups is 1. The Hall–Kier alpha value is -10.0. The van der Waals surface area contributed by atoms with Gasteiger partial charge in [-0.1, -0.05) is 85.2 Å². The number of nitrogens with one attached hydrogen (secondary N) is 1. The molecule has 9 rings (SSSR count). The van der Waals surface area contributed by atoms with E-state index in [1.54, 1.807) is 109 Å². The van der Waals surface area contributed by atoms with Gasteiger partial charge in [0.15, 0.2) is 0 Å². The van der Waals surface area contributed by atoms with Crippen molar-refractivity contribution in [3.8, 4) is 62.1 Å². The maximum absolute atomic E-state index is 13.1. The summed E-state index contributed by atoms with van der Waals surface area (Å²) in [7, 11) is 2.49. The molecular formula is C80H89BBr3ClF4N4O17. The third kappa shape index (κ3) is 35.1. The minimum absolute atomic E-state index is 0. The first kappa shape index (κ1) is 96.1. The number of methoxy groups -OCH3 is 3. The van der Waals surface area contributed by atoms with Gasteiger partial charge in [-0.05, 0) is 234 Å². The van der Waals surface area contributed by atoms with Gasteiger partial charge < -0.3 is 88.0 Å². The number of halogens is 8. The van der Waals surface area contributed by atoms with Crippen LogP contribution in [-0.2, 0) is 18.9 Å². The molecule has 21 nitrogen and oxygen atoms in total. The van der Waals surface area contributed by atoms with Crippen molar-refractivity contribution >= 4 is 96.2 Å². The third-order valence-corrected chi connectivity index (χ3v) is 15.5. The van der Waals surface area contributed by atoms with E-state index in [0.717, 1.165) is 62.6 Å². The van der Waals surface area contributed by atoms with Crippen molar-refractivity contribution < 1.29 is 118 Å². The fourth-order valence-electron chi connectivity index (χ4n) is 8.62. The van der Waals surface area contributed by atoms with Gasteiger partial charge in [-0.15, -0.1) is 0 Å². The average molecular weight is 1740 g/mol. The van der Waals surface area contributed by atoms with Crippen molar-refractivity contribution in [1.82, 2.24) is 5.32 Å². The zero-order valence-electron chi connectivity index (χ0n) is 62.0.